The number of nitrogens with one attached hydrogen (secondary N) is 1. The molecule has 1 heterocycles. The van der Waals surface area contributed by atoms with Crippen molar-refractivity contribution in [2.75, 3.05) is 11.6 Å². The minimum Gasteiger partial charge on any atom is -0.451 e. The largest absolute Gasteiger partial charge is 0.451 e. The number of furan rings is 1. The number of sulfone groups is 1. The molecule has 5 nitrogen and oxygen atoms in total. The molecule has 0 aliphatic carbocycles. The van der Waals surface area contributed by atoms with E-state index in [1.807, 2.05) is 54.6 Å². The Bertz CT molecular complexity index is 1310. The van der Waals surface area contributed by atoms with Crippen LogP contribution < -0.4 is 5.32 Å². The van der Waals surface area contributed by atoms with Gasteiger partial charge in [0, 0.05) is 22.9 Å². The third-order valence-electron chi connectivity index (χ3n) is 4.81. The molecule has 4 aromatic rings. The summed E-state index contributed by atoms with van der Waals surface area (Å²) in [6, 6.07) is 24.6. The smallest absolute Gasteiger partial charge is 0.291 e. The predicted molar refractivity (Wildman–Crippen MR) is 118 cm³/mol. The van der Waals surface area contributed by atoms with Gasteiger partial charge in [-0.3, -0.25) is 4.79 Å². The van der Waals surface area contributed by atoms with Crippen LogP contribution in [0.5, 0.6) is 0 Å². The van der Waals surface area contributed by atoms with Gasteiger partial charge in [-0.15, -0.1) is 0 Å². The molecule has 30 heavy (non-hydrogen) atoms. The zero-order valence-corrected chi connectivity index (χ0v) is 17.3. The Morgan fingerprint density at radius 1 is 0.900 bits per heavy atom. The maximum absolute atomic E-state index is 13.1. The normalized spacial score (nSPS) is 11.5. The molecule has 152 valence electrons. The average Bonchev–Trinajstić information content (AvgIpc) is 3.07. The summed E-state index contributed by atoms with van der Waals surface area (Å²) in [6.07, 6.45) is 1.80. The molecule has 0 saturated carbocycles. The second kappa shape index (κ2) is 8.16. The number of carbonyl (C=O) groups is 1. The number of hydrogen-bond acceptors (Lipinski definition) is 4. The second-order valence-corrected chi connectivity index (χ2v) is 9.39. The molecule has 0 unspecified atom stereocenters. The van der Waals surface area contributed by atoms with Crippen LogP contribution in [-0.2, 0) is 22.0 Å². The van der Waals surface area contributed by atoms with E-state index in [0.29, 0.717) is 28.6 Å². The van der Waals surface area contributed by atoms with E-state index in [-0.39, 0.29) is 11.5 Å². The lowest BCUT2D eigenvalue weighted by molar-refractivity contribution is 0.0997. The standard InChI is InChI=1S/C24H21NO4S/c1-30(27,28)16-20-19-12-6-8-14-22(19)29-23(20)24(26)25-21-13-7-5-11-18(21)15-17-9-3-2-4-10-17/h2-14H,15-16H2,1H3,(H,25,26). The Morgan fingerprint density at radius 3 is 2.33 bits per heavy atom. The van der Waals surface area contributed by atoms with Crippen molar-refractivity contribution in [2.45, 2.75) is 12.2 Å². The van der Waals surface area contributed by atoms with E-state index in [4.69, 9.17) is 4.42 Å². The molecular formula is C24H21NO4S. The van der Waals surface area contributed by atoms with Gasteiger partial charge >= 0.3 is 0 Å². The van der Waals surface area contributed by atoms with E-state index in [1.54, 1.807) is 24.3 Å². The van der Waals surface area contributed by atoms with Crippen molar-refractivity contribution < 1.29 is 17.6 Å². The van der Waals surface area contributed by atoms with Gasteiger partial charge in [0.05, 0.1) is 5.75 Å². The molecule has 3 aromatic carbocycles. The van der Waals surface area contributed by atoms with E-state index in [2.05, 4.69) is 5.32 Å². The number of hydrogen-bond donors (Lipinski definition) is 1. The minimum absolute atomic E-state index is 0.0242. The first kappa shape index (κ1) is 19.9. The summed E-state index contributed by atoms with van der Waals surface area (Å²) in [5, 5.41) is 3.54. The summed E-state index contributed by atoms with van der Waals surface area (Å²) in [5.41, 5.74) is 3.61. The predicted octanol–water partition coefficient (Wildman–Crippen LogP) is 4.82. The SMILES string of the molecule is CS(=O)(=O)Cc1c(C(=O)Nc2ccccc2Cc2ccccc2)oc2ccccc12. The molecular weight excluding hydrogens is 398 g/mol. The quantitative estimate of drug-likeness (QED) is 0.486. The van der Waals surface area contributed by atoms with Crippen LogP contribution in [0, 0.1) is 0 Å². The summed E-state index contributed by atoms with van der Waals surface area (Å²) >= 11 is 0. The maximum Gasteiger partial charge on any atom is 0.291 e. The fourth-order valence-electron chi connectivity index (χ4n) is 3.48. The topological polar surface area (TPSA) is 76.4 Å². The van der Waals surface area contributed by atoms with Crippen molar-refractivity contribution in [3.05, 3.63) is 101 Å². The molecule has 0 fully saturated rings. The van der Waals surface area contributed by atoms with Gasteiger partial charge in [-0.05, 0) is 29.7 Å². The van der Waals surface area contributed by atoms with Gasteiger partial charge in [-0.25, -0.2) is 8.42 Å². The number of carbonyl (C=O) groups excluding carboxylic acids is 1. The summed E-state index contributed by atoms with van der Waals surface area (Å²) in [4.78, 5) is 13.1. The molecule has 0 bridgehead atoms. The van der Waals surface area contributed by atoms with Crippen molar-refractivity contribution in [2.24, 2.45) is 0 Å². The highest BCUT2D eigenvalue weighted by Crippen LogP contribution is 2.29. The van der Waals surface area contributed by atoms with Crippen molar-refractivity contribution in [3.8, 4) is 0 Å². The number of para-hydroxylation sites is 2. The minimum atomic E-state index is -3.36. The van der Waals surface area contributed by atoms with Gasteiger partial charge in [0.1, 0.15) is 5.58 Å². The first-order chi connectivity index (χ1) is 14.4. The van der Waals surface area contributed by atoms with Crippen LogP contribution in [0.2, 0.25) is 0 Å². The summed E-state index contributed by atoms with van der Waals surface area (Å²) < 4.78 is 29.7. The van der Waals surface area contributed by atoms with Crippen LogP contribution in [-0.4, -0.2) is 20.6 Å². The Morgan fingerprint density at radius 2 is 1.57 bits per heavy atom. The number of anilines is 1. The lowest BCUT2D eigenvalue weighted by Crippen LogP contribution is -2.15. The average molecular weight is 420 g/mol. The van der Waals surface area contributed by atoms with Crippen LogP contribution in [0.4, 0.5) is 5.69 Å². The molecule has 0 spiro atoms. The first-order valence-corrected chi connectivity index (χ1v) is 11.6. The van der Waals surface area contributed by atoms with Crippen LogP contribution in [0.25, 0.3) is 11.0 Å². The number of fused-ring (bicyclic) bond motifs is 1. The third-order valence-corrected chi connectivity index (χ3v) is 5.63. The van der Waals surface area contributed by atoms with E-state index < -0.39 is 15.7 Å². The molecule has 0 radical (unpaired) electrons. The lowest BCUT2D eigenvalue weighted by atomic mass is 10.0. The monoisotopic (exact) mass is 419 g/mol. The fraction of sp³-hybridized carbons (Fsp3) is 0.125. The number of amides is 1. The zero-order valence-electron chi connectivity index (χ0n) is 16.5. The molecule has 0 saturated heterocycles. The van der Waals surface area contributed by atoms with E-state index in [9.17, 15) is 13.2 Å². The van der Waals surface area contributed by atoms with Gasteiger partial charge in [0.25, 0.3) is 5.91 Å². The lowest BCUT2D eigenvalue weighted by Gasteiger charge is -2.11. The van der Waals surface area contributed by atoms with Crippen LogP contribution in [0.3, 0.4) is 0 Å². The molecule has 6 heteroatoms. The molecule has 1 aromatic heterocycles. The van der Waals surface area contributed by atoms with Gasteiger partial charge in [0.15, 0.2) is 15.6 Å². The summed E-state index contributed by atoms with van der Waals surface area (Å²) in [7, 11) is -3.36. The Kier molecular flexibility index (Phi) is 5.42. The highest BCUT2D eigenvalue weighted by Gasteiger charge is 2.23. The van der Waals surface area contributed by atoms with Crippen LogP contribution in [0.1, 0.15) is 27.2 Å². The molecule has 1 N–H and O–H groups in total. The molecule has 0 aliphatic heterocycles. The number of rotatable bonds is 6. The highest BCUT2D eigenvalue weighted by atomic mass is 32.2. The van der Waals surface area contributed by atoms with Gasteiger partial charge in [-0.1, -0.05) is 66.7 Å². The second-order valence-electron chi connectivity index (χ2n) is 7.25. The van der Waals surface area contributed by atoms with Crippen molar-refractivity contribution in [1.29, 1.82) is 0 Å². The Hall–Kier alpha value is -3.38. The van der Waals surface area contributed by atoms with Crippen LogP contribution >= 0.6 is 0 Å². The van der Waals surface area contributed by atoms with Crippen molar-refractivity contribution in [3.63, 3.8) is 0 Å². The van der Waals surface area contributed by atoms with Crippen LogP contribution in [0.15, 0.2) is 83.3 Å². The molecule has 0 aliphatic rings. The molecule has 1 amide bonds. The summed E-state index contributed by atoms with van der Waals surface area (Å²) in [6.45, 7) is 0. The third kappa shape index (κ3) is 4.44. The number of benzene rings is 3. The van der Waals surface area contributed by atoms with Gasteiger partial charge < -0.3 is 9.73 Å². The molecule has 0 atom stereocenters. The Labute approximate surface area is 175 Å². The first-order valence-electron chi connectivity index (χ1n) is 9.52. The molecule has 4 rings (SSSR count). The van der Waals surface area contributed by atoms with E-state index in [1.165, 1.54) is 0 Å². The van der Waals surface area contributed by atoms with E-state index in [0.717, 1.165) is 17.4 Å². The Balaban J connectivity index is 1.68. The highest BCUT2D eigenvalue weighted by molar-refractivity contribution is 7.89. The van der Waals surface area contributed by atoms with Gasteiger partial charge in [0.2, 0.25) is 0 Å². The van der Waals surface area contributed by atoms with Gasteiger partial charge in [-0.2, -0.15) is 0 Å². The fourth-order valence-corrected chi connectivity index (χ4v) is 4.29. The maximum atomic E-state index is 13.1. The van der Waals surface area contributed by atoms with Crippen molar-refractivity contribution in [1.82, 2.24) is 0 Å². The zero-order chi connectivity index (χ0) is 21.1. The van der Waals surface area contributed by atoms with E-state index >= 15 is 0 Å². The summed E-state index contributed by atoms with van der Waals surface area (Å²) in [5.74, 6) is -0.709. The van der Waals surface area contributed by atoms with Crippen molar-refractivity contribution >= 4 is 32.4 Å².